The molecule has 1 fully saturated rings. The van der Waals surface area contributed by atoms with Crippen molar-refractivity contribution in [3.05, 3.63) is 23.8 Å². The van der Waals surface area contributed by atoms with Crippen LogP contribution in [0.5, 0.6) is 5.75 Å². The van der Waals surface area contributed by atoms with Crippen LogP contribution in [0.4, 0.5) is 0 Å². The van der Waals surface area contributed by atoms with Gasteiger partial charge in [-0.2, -0.15) is 0 Å². The monoisotopic (exact) mass is 331 g/mol. The lowest BCUT2D eigenvalue weighted by atomic mass is 10.1. The second-order valence-electron chi connectivity index (χ2n) is 5.11. The summed E-state index contributed by atoms with van der Waals surface area (Å²) in [5.74, 6) is 0.593. The Bertz CT molecular complexity index is 624. The third-order valence-corrected chi connectivity index (χ3v) is 5.06. The second-order valence-corrected chi connectivity index (χ2v) is 7.68. The number of amides is 1. The van der Waals surface area contributed by atoms with Crippen molar-refractivity contribution >= 4 is 25.6 Å². The predicted molar refractivity (Wildman–Crippen MR) is 79.8 cm³/mol. The second kappa shape index (κ2) is 6.66. The first-order valence-corrected chi connectivity index (χ1v) is 9.12. The molecule has 0 atom stereocenters. The number of ether oxygens (including phenoxy) is 1. The molecule has 0 bridgehead atoms. The standard InChI is InChI=1S/C14H18ClNO4S/c1-20-13-7-6-12(21(15,18)19)8-11(13)9-16-14(17)10-4-2-3-5-10/h6-8,10H,2-5,9H2,1H3,(H,16,17). The fourth-order valence-corrected chi connectivity index (χ4v) is 3.36. The summed E-state index contributed by atoms with van der Waals surface area (Å²) in [5, 5.41) is 2.84. The Morgan fingerprint density at radius 3 is 2.62 bits per heavy atom. The van der Waals surface area contributed by atoms with Crippen molar-refractivity contribution in [2.75, 3.05) is 7.11 Å². The van der Waals surface area contributed by atoms with E-state index in [0.29, 0.717) is 11.3 Å². The number of hydrogen-bond donors (Lipinski definition) is 1. The van der Waals surface area contributed by atoms with Gasteiger partial charge >= 0.3 is 0 Å². The predicted octanol–water partition coefficient (Wildman–Crippen LogP) is 2.43. The molecule has 1 N–H and O–H groups in total. The molecule has 7 heteroatoms. The van der Waals surface area contributed by atoms with Crippen LogP contribution in [0.25, 0.3) is 0 Å². The van der Waals surface area contributed by atoms with Gasteiger partial charge in [-0.15, -0.1) is 0 Å². The van der Waals surface area contributed by atoms with Crippen LogP contribution in [0, 0.1) is 5.92 Å². The molecule has 1 amide bonds. The average molecular weight is 332 g/mol. The van der Waals surface area contributed by atoms with Crippen molar-refractivity contribution in [1.82, 2.24) is 5.32 Å². The van der Waals surface area contributed by atoms with Gasteiger partial charge in [0.2, 0.25) is 5.91 Å². The maximum atomic E-state index is 12.0. The van der Waals surface area contributed by atoms with Crippen LogP contribution >= 0.6 is 10.7 Å². The normalized spacial score (nSPS) is 15.9. The number of carbonyl (C=O) groups is 1. The number of rotatable bonds is 5. The maximum Gasteiger partial charge on any atom is 0.261 e. The highest BCUT2D eigenvalue weighted by molar-refractivity contribution is 8.13. The summed E-state index contributed by atoms with van der Waals surface area (Å²) < 4.78 is 27.9. The third kappa shape index (κ3) is 4.11. The fraction of sp³-hybridized carbons (Fsp3) is 0.500. The van der Waals surface area contributed by atoms with Gasteiger partial charge in [0, 0.05) is 28.7 Å². The van der Waals surface area contributed by atoms with E-state index in [0.717, 1.165) is 25.7 Å². The van der Waals surface area contributed by atoms with E-state index < -0.39 is 9.05 Å². The molecule has 1 aliphatic rings. The molecule has 21 heavy (non-hydrogen) atoms. The SMILES string of the molecule is COc1ccc(S(=O)(=O)Cl)cc1CNC(=O)C1CCCC1. The van der Waals surface area contributed by atoms with E-state index in [4.69, 9.17) is 15.4 Å². The maximum absolute atomic E-state index is 12.0. The molecule has 0 radical (unpaired) electrons. The first kappa shape index (κ1) is 16.1. The van der Waals surface area contributed by atoms with E-state index in [-0.39, 0.29) is 23.3 Å². The summed E-state index contributed by atoms with van der Waals surface area (Å²) in [4.78, 5) is 12.0. The topological polar surface area (TPSA) is 72.5 Å². The molecule has 0 saturated heterocycles. The third-order valence-electron chi connectivity index (χ3n) is 3.71. The molecular weight excluding hydrogens is 314 g/mol. The lowest BCUT2D eigenvalue weighted by Gasteiger charge is -2.13. The van der Waals surface area contributed by atoms with Crippen LogP contribution < -0.4 is 10.1 Å². The summed E-state index contributed by atoms with van der Waals surface area (Å²) in [5.41, 5.74) is 0.588. The van der Waals surface area contributed by atoms with Gasteiger partial charge in [0.1, 0.15) is 5.75 Å². The largest absolute Gasteiger partial charge is 0.496 e. The molecule has 2 rings (SSSR count). The van der Waals surface area contributed by atoms with Crippen LogP contribution in [0.15, 0.2) is 23.1 Å². The molecule has 1 aromatic carbocycles. The van der Waals surface area contributed by atoms with Crippen molar-refractivity contribution in [2.45, 2.75) is 37.1 Å². The number of benzene rings is 1. The van der Waals surface area contributed by atoms with Gasteiger partial charge in [-0.1, -0.05) is 12.8 Å². The fourth-order valence-electron chi connectivity index (χ4n) is 2.56. The average Bonchev–Trinajstić information content (AvgIpc) is 2.97. The van der Waals surface area contributed by atoms with Gasteiger partial charge in [-0.05, 0) is 31.0 Å². The van der Waals surface area contributed by atoms with Gasteiger partial charge in [-0.25, -0.2) is 8.42 Å². The zero-order valence-corrected chi connectivity index (χ0v) is 13.3. The molecule has 0 heterocycles. The summed E-state index contributed by atoms with van der Waals surface area (Å²) in [6.45, 7) is 0.221. The number of nitrogens with one attached hydrogen (secondary N) is 1. The van der Waals surface area contributed by atoms with Crippen LogP contribution in [-0.2, 0) is 20.4 Å². The zero-order valence-electron chi connectivity index (χ0n) is 11.8. The van der Waals surface area contributed by atoms with Gasteiger partial charge in [0.05, 0.1) is 12.0 Å². The van der Waals surface area contributed by atoms with Crippen LogP contribution in [-0.4, -0.2) is 21.4 Å². The Hall–Kier alpha value is -1.27. The Kier molecular flexibility index (Phi) is 5.11. The molecule has 5 nitrogen and oxygen atoms in total. The van der Waals surface area contributed by atoms with Crippen molar-refractivity contribution < 1.29 is 17.9 Å². The van der Waals surface area contributed by atoms with Crippen molar-refractivity contribution in [2.24, 2.45) is 5.92 Å². The minimum atomic E-state index is -3.80. The van der Waals surface area contributed by atoms with E-state index in [1.807, 2.05) is 0 Å². The summed E-state index contributed by atoms with van der Waals surface area (Å²) in [6, 6.07) is 4.34. The number of hydrogen-bond acceptors (Lipinski definition) is 4. The van der Waals surface area contributed by atoms with E-state index in [1.165, 1.54) is 25.3 Å². The Labute approximate surface area is 129 Å². The smallest absolute Gasteiger partial charge is 0.261 e. The quantitative estimate of drug-likeness (QED) is 0.841. The van der Waals surface area contributed by atoms with E-state index in [9.17, 15) is 13.2 Å². The van der Waals surface area contributed by atoms with Gasteiger partial charge in [-0.3, -0.25) is 4.79 Å². The van der Waals surface area contributed by atoms with Crippen LogP contribution in [0.3, 0.4) is 0 Å². The minimum absolute atomic E-state index is 0.00455. The zero-order chi connectivity index (χ0) is 15.5. The summed E-state index contributed by atoms with van der Waals surface area (Å²) >= 11 is 0. The first-order chi connectivity index (χ1) is 9.91. The molecule has 0 aromatic heterocycles. The highest BCUT2D eigenvalue weighted by Gasteiger charge is 2.22. The Balaban J connectivity index is 2.12. The van der Waals surface area contributed by atoms with Crippen molar-refractivity contribution in [3.63, 3.8) is 0 Å². The molecular formula is C14H18ClNO4S. The van der Waals surface area contributed by atoms with E-state index in [2.05, 4.69) is 5.32 Å². The first-order valence-electron chi connectivity index (χ1n) is 6.81. The molecule has 1 saturated carbocycles. The summed E-state index contributed by atoms with van der Waals surface area (Å²) in [7, 11) is 3.03. The number of methoxy groups -OCH3 is 1. The minimum Gasteiger partial charge on any atom is -0.496 e. The molecule has 0 aliphatic heterocycles. The van der Waals surface area contributed by atoms with E-state index in [1.54, 1.807) is 0 Å². The number of halogens is 1. The lowest BCUT2D eigenvalue weighted by molar-refractivity contribution is -0.124. The van der Waals surface area contributed by atoms with Gasteiger partial charge < -0.3 is 10.1 Å². The highest BCUT2D eigenvalue weighted by atomic mass is 35.7. The molecule has 1 aromatic rings. The summed E-state index contributed by atoms with van der Waals surface area (Å²) in [6.07, 6.45) is 4.00. The molecule has 1 aliphatic carbocycles. The van der Waals surface area contributed by atoms with Gasteiger partial charge in [0.25, 0.3) is 9.05 Å². The Morgan fingerprint density at radius 2 is 2.05 bits per heavy atom. The van der Waals surface area contributed by atoms with E-state index >= 15 is 0 Å². The molecule has 0 unspecified atom stereocenters. The lowest BCUT2D eigenvalue weighted by Crippen LogP contribution is -2.28. The van der Waals surface area contributed by atoms with Crippen LogP contribution in [0.1, 0.15) is 31.2 Å². The van der Waals surface area contributed by atoms with Crippen molar-refractivity contribution in [3.8, 4) is 5.75 Å². The Morgan fingerprint density at radius 1 is 1.38 bits per heavy atom. The van der Waals surface area contributed by atoms with Gasteiger partial charge in [0.15, 0.2) is 0 Å². The highest BCUT2D eigenvalue weighted by Crippen LogP contribution is 2.26. The van der Waals surface area contributed by atoms with Crippen molar-refractivity contribution in [1.29, 1.82) is 0 Å². The molecule has 116 valence electrons. The van der Waals surface area contributed by atoms with Crippen LogP contribution in [0.2, 0.25) is 0 Å². The number of carbonyl (C=O) groups excluding carboxylic acids is 1. The molecule has 0 spiro atoms.